The fourth-order valence-electron chi connectivity index (χ4n) is 3.86. The van der Waals surface area contributed by atoms with Crippen LogP contribution in [0.5, 0.6) is 0 Å². The highest BCUT2D eigenvalue weighted by atomic mass is 16.5. The van der Waals surface area contributed by atoms with Gasteiger partial charge in [-0.2, -0.15) is 0 Å². The van der Waals surface area contributed by atoms with Crippen molar-refractivity contribution in [3.63, 3.8) is 0 Å². The molecule has 0 saturated heterocycles. The second kappa shape index (κ2) is 11.8. The number of aliphatic hydroxyl groups is 1. The highest BCUT2D eigenvalue weighted by molar-refractivity contribution is 5.68. The molecule has 0 amide bonds. The van der Waals surface area contributed by atoms with Crippen LogP contribution in [-0.2, 0) is 16.0 Å². The monoisotopic (exact) mass is 370 g/mol. The SMILES string of the molecule is COC(=O)CCCCCCC1=C(C)CCC1/C=C/C(O)Cc1ccccc1. The quantitative estimate of drug-likeness (QED) is 0.323. The summed E-state index contributed by atoms with van der Waals surface area (Å²) in [6.07, 6.45) is 12.8. The minimum atomic E-state index is -0.423. The van der Waals surface area contributed by atoms with Crippen LogP contribution in [0.25, 0.3) is 0 Å². The molecule has 1 aromatic rings. The molecule has 0 radical (unpaired) electrons. The number of esters is 1. The van der Waals surface area contributed by atoms with Gasteiger partial charge in [-0.05, 0) is 50.5 Å². The first-order valence-electron chi connectivity index (χ1n) is 10.3. The Kier molecular flexibility index (Phi) is 9.34. The van der Waals surface area contributed by atoms with Crippen molar-refractivity contribution in [3.05, 3.63) is 59.2 Å². The van der Waals surface area contributed by atoms with Gasteiger partial charge >= 0.3 is 5.97 Å². The Labute approximate surface area is 164 Å². The van der Waals surface area contributed by atoms with E-state index in [0.717, 1.165) is 32.1 Å². The Morgan fingerprint density at radius 3 is 2.70 bits per heavy atom. The largest absolute Gasteiger partial charge is 0.469 e. The van der Waals surface area contributed by atoms with Gasteiger partial charge in [0.05, 0.1) is 13.2 Å². The van der Waals surface area contributed by atoms with Gasteiger partial charge in [-0.1, -0.05) is 66.5 Å². The van der Waals surface area contributed by atoms with Crippen LogP contribution in [0, 0.1) is 5.92 Å². The molecule has 0 heterocycles. The summed E-state index contributed by atoms with van der Waals surface area (Å²) in [5, 5.41) is 10.3. The molecule has 0 saturated carbocycles. The van der Waals surface area contributed by atoms with Gasteiger partial charge in [-0.15, -0.1) is 0 Å². The molecule has 1 aliphatic carbocycles. The normalized spacial score (nSPS) is 18.3. The van der Waals surface area contributed by atoms with Crippen LogP contribution in [0.1, 0.15) is 63.9 Å². The lowest BCUT2D eigenvalue weighted by atomic mass is 9.94. The molecule has 0 spiro atoms. The lowest BCUT2D eigenvalue weighted by Gasteiger charge is -2.13. The van der Waals surface area contributed by atoms with E-state index in [4.69, 9.17) is 0 Å². The Bertz CT molecular complexity index is 630. The number of carbonyl (C=O) groups is 1. The minimum absolute atomic E-state index is 0.108. The van der Waals surface area contributed by atoms with Crippen LogP contribution in [0.2, 0.25) is 0 Å². The molecular weight excluding hydrogens is 336 g/mol. The Morgan fingerprint density at radius 2 is 1.96 bits per heavy atom. The number of unbranched alkanes of at least 4 members (excludes halogenated alkanes) is 3. The van der Waals surface area contributed by atoms with Crippen LogP contribution in [0.4, 0.5) is 0 Å². The van der Waals surface area contributed by atoms with Gasteiger partial charge in [-0.3, -0.25) is 4.79 Å². The minimum Gasteiger partial charge on any atom is -0.469 e. The van der Waals surface area contributed by atoms with Gasteiger partial charge in [0.15, 0.2) is 0 Å². The summed E-state index contributed by atoms with van der Waals surface area (Å²) in [4.78, 5) is 11.1. The zero-order chi connectivity index (χ0) is 19.5. The molecule has 3 heteroatoms. The van der Waals surface area contributed by atoms with Crippen molar-refractivity contribution in [3.8, 4) is 0 Å². The number of aliphatic hydroxyl groups excluding tert-OH is 1. The van der Waals surface area contributed by atoms with E-state index >= 15 is 0 Å². The number of allylic oxidation sites excluding steroid dienone is 3. The molecule has 2 rings (SSSR count). The summed E-state index contributed by atoms with van der Waals surface area (Å²) >= 11 is 0. The van der Waals surface area contributed by atoms with Gasteiger partial charge < -0.3 is 9.84 Å². The Balaban J connectivity index is 1.73. The average molecular weight is 371 g/mol. The fourth-order valence-corrected chi connectivity index (χ4v) is 3.86. The van der Waals surface area contributed by atoms with Gasteiger partial charge in [-0.25, -0.2) is 0 Å². The molecule has 0 fully saturated rings. The zero-order valence-corrected chi connectivity index (χ0v) is 16.8. The Morgan fingerprint density at radius 1 is 1.22 bits per heavy atom. The number of ether oxygens (including phenoxy) is 1. The molecule has 3 nitrogen and oxygen atoms in total. The van der Waals surface area contributed by atoms with Crippen molar-refractivity contribution in [2.45, 2.75) is 70.8 Å². The number of benzene rings is 1. The maximum atomic E-state index is 11.1. The van der Waals surface area contributed by atoms with Gasteiger partial charge in [0.2, 0.25) is 0 Å². The molecule has 2 unspecified atom stereocenters. The molecule has 0 aliphatic heterocycles. The van der Waals surface area contributed by atoms with Crippen LogP contribution >= 0.6 is 0 Å². The van der Waals surface area contributed by atoms with E-state index in [9.17, 15) is 9.90 Å². The third-order valence-corrected chi connectivity index (χ3v) is 5.48. The maximum absolute atomic E-state index is 11.1. The maximum Gasteiger partial charge on any atom is 0.305 e. The summed E-state index contributed by atoms with van der Waals surface area (Å²) in [5.41, 5.74) is 4.25. The standard InChI is InChI=1S/C24H34O3/c1-19-14-15-21(16-17-22(25)18-20-10-6-5-7-11-20)23(19)12-8-3-4-9-13-24(26)27-2/h5-7,10-11,16-17,21-22,25H,3-4,8-9,12-15,18H2,1-2H3/b17-16+. The third kappa shape index (κ3) is 7.72. The average Bonchev–Trinajstić information content (AvgIpc) is 3.03. The summed E-state index contributed by atoms with van der Waals surface area (Å²) in [6.45, 7) is 2.25. The summed E-state index contributed by atoms with van der Waals surface area (Å²) in [6, 6.07) is 10.1. The Hall–Kier alpha value is -1.87. The summed E-state index contributed by atoms with van der Waals surface area (Å²) < 4.78 is 4.68. The van der Waals surface area contributed by atoms with Crippen LogP contribution < -0.4 is 0 Å². The van der Waals surface area contributed by atoms with E-state index in [1.54, 1.807) is 5.57 Å². The smallest absolute Gasteiger partial charge is 0.305 e. The number of methoxy groups -OCH3 is 1. The van der Waals surface area contributed by atoms with Crippen molar-refractivity contribution in [1.82, 2.24) is 0 Å². The lowest BCUT2D eigenvalue weighted by molar-refractivity contribution is -0.140. The van der Waals surface area contributed by atoms with Crippen molar-refractivity contribution in [2.75, 3.05) is 7.11 Å². The van der Waals surface area contributed by atoms with E-state index in [0.29, 0.717) is 18.8 Å². The van der Waals surface area contributed by atoms with Crippen molar-refractivity contribution in [2.24, 2.45) is 5.92 Å². The van der Waals surface area contributed by atoms with Crippen LogP contribution in [-0.4, -0.2) is 24.3 Å². The van der Waals surface area contributed by atoms with E-state index in [1.807, 2.05) is 24.3 Å². The highest BCUT2D eigenvalue weighted by Gasteiger charge is 2.20. The predicted octanol–water partition coefficient (Wildman–Crippen LogP) is 5.39. The molecule has 0 bridgehead atoms. The van der Waals surface area contributed by atoms with Crippen molar-refractivity contribution < 1.29 is 14.6 Å². The molecule has 1 aliphatic rings. The lowest BCUT2D eigenvalue weighted by Crippen LogP contribution is -2.07. The number of hydrogen-bond donors (Lipinski definition) is 1. The van der Waals surface area contributed by atoms with Crippen molar-refractivity contribution in [1.29, 1.82) is 0 Å². The number of hydrogen-bond acceptors (Lipinski definition) is 3. The molecule has 1 aromatic carbocycles. The molecule has 27 heavy (non-hydrogen) atoms. The molecule has 0 aromatic heterocycles. The van der Waals surface area contributed by atoms with E-state index < -0.39 is 6.10 Å². The summed E-state index contributed by atoms with van der Waals surface area (Å²) in [7, 11) is 1.45. The molecule has 2 atom stereocenters. The molecule has 1 N–H and O–H groups in total. The highest BCUT2D eigenvalue weighted by Crippen LogP contribution is 2.36. The molecule has 148 valence electrons. The zero-order valence-electron chi connectivity index (χ0n) is 16.8. The van der Waals surface area contributed by atoms with Gasteiger partial charge in [0.1, 0.15) is 0 Å². The first kappa shape index (κ1) is 21.4. The molecular formula is C24H34O3. The second-order valence-corrected chi connectivity index (χ2v) is 7.58. The van der Waals surface area contributed by atoms with Crippen LogP contribution in [0.15, 0.2) is 53.6 Å². The first-order valence-corrected chi connectivity index (χ1v) is 10.3. The van der Waals surface area contributed by atoms with Gasteiger partial charge in [0, 0.05) is 12.8 Å². The second-order valence-electron chi connectivity index (χ2n) is 7.58. The topological polar surface area (TPSA) is 46.5 Å². The van der Waals surface area contributed by atoms with E-state index in [-0.39, 0.29) is 5.97 Å². The summed E-state index contributed by atoms with van der Waals surface area (Å²) in [5.74, 6) is 0.370. The predicted molar refractivity (Wildman–Crippen MR) is 110 cm³/mol. The van der Waals surface area contributed by atoms with Crippen LogP contribution in [0.3, 0.4) is 0 Å². The third-order valence-electron chi connectivity index (χ3n) is 5.48. The van der Waals surface area contributed by atoms with E-state index in [1.165, 1.54) is 31.1 Å². The fraction of sp³-hybridized carbons (Fsp3) is 0.542. The van der Waals surface area contributed by atoms with Crippen molar-refractivity contribution >= 4 is 5.97 Å². The van der Waals surface area contributed by atoms with Gasteiger partial charge in [0.25, 0.3) is 0 Å². The number of carbonyl (C=O) groups excluding carboxylic acids is 1. The number of rotatable bonds is 11. The first-order chi connectivity index (χ1) is 13.1. The van der Waals surface area contributed by atoms with E-state index in [2.05, 4.69) is 29.9 Å².